The number of ether oxygens (including phenoxy) is 1. The first-order valence-electron chi connectivity index (χ1n) is 14.3. The van der Waals surface area contributed by atoms with Gasteiger partial charge in [-0.05, 0) is 55.5 Å². The Bertz CT molecular complexity index is 1370. The average Bonchev–Trinajstić information content (AvgIpc) is 2.94. The first kappa shape index (κ1) is 30.9. The molecule has 2 aromatic heterocycles. The number of amides is 1. The Balaban J connectivity index is 2.02. The number of hydrogen-bond acceptors (Lipinski definition) is 5. The summed E-state index contributed by atoms with van der Waals surface area (Å²) in [6, 6.07) is 8.19. The van der Waals surface area contributed by atoms with E-state index in [1.54, 1.807) is 0 Å². The maximum absolute atomic E-state index is 13.3. The number of hydrogen-bond donors (Lipinski definition) is 0. The van der Waals surface area contributed by atoms with Gasteiger partial charge in [0.25, 0.3) is 0 Å². The van der Waals surface area contributed by atoms with E-state index in [4.69, 9.17) is 9.72 Å². The van der Waals surface area contributed by atoms with Crippen molar-refractivity contribution >= 4 is 22.5 Å². The molecule has 1 aromatic carbocycles. The highest BCUT2D eigenvalue weighted by molar-refractivity contribution is 5.94. The summed E-state index contributed by atoms with van der Waals surface area (Å²) in [5, 5.41) is 1.03. The lowest BCUT2D eigenvalue weighted by atomic mass is 9.83. The van der Waals surface area contributed by atoms with Crippen LogP contribution in [0.1, 0.15) is 74.9 Å². The number of para-hydroxylation sites is 1. The molecule has 6 heteroatoms. The van der Waals surface area contributed by atoms with E-state index in [9.17, 15) is 4.79 Å². The molecule has 214 valence electrons. The van der Waals surface area contributed by atoms with Crippen molar-refractivity contribution in [3.05, 3.63) is 83.3 Å². The number of pyridine rings is 2. The molecule has 40 heavy (non-hydrogen) atoms. The van der Waals surface area contributed by atoms with Gasteiger partial charge in [-0.25, -0.2) is 4.98 Å². The van der Waals surface area contributed by atoms with E-state index in [0.717, 1.165) is 76.0 Å². The molecule has 0 atom stereocenters. The van der Waals surface area contributed by atoms with Crippen LogP contribution < -0.4 is 4.74 Å². The van der Waals surface area contributed by atoms with Crippen molar-refractivity contribution in [1.82, 2.24) is 19.8 Å². The Hall–Kier alpha value is -3.67. The molecule has 3 aromatic rings. The third-order valence-electron chi connectivity index (χ3n) is 7.92. The number of rotatable bonds is 13. The summed E-state index contributed by atoms with van der Waals surface area (Å²) in [4.78, 5) is 26.7. The van der Waals surface area contributed by atoms with Crippen LogP contribution in [0.15, 0.2) is 55.4 Å². The van der Waals surface area contributed by atoms with Crippen molar-refractivity contribution in [2.75, 3.05) is 21.1 Å². The van der Waals surface area contributed by atoms with Gasteiger partial charge in [-0.3, -0.25) is 9.78 Å². The fraction of sp³-hybridized carbons (Fsp3) is 0.441. The van der Waals surface area contributed by atoms with Crippen molar-refractivity contribution < 1.29 is 9.53 Å². The van der Waals surface area contributed by atoms with E-state index in [1.807, 2.05) is 69.6 Å². The van der Waals surface area contributed by atoms with Gasteiger partial charge in [0.1, 0.15) is 17.9 Å². The second kappa shape index (κ2) is 13.6. The van der Waals surface area contributed by atoms with Crippen molar-refractivity contribution in [2.45, 2.75) is 73.5 Å². The molecule has 0 bridgehead atoms. The van der Waals surface area contributed by atoms with Crippen LogP contribution in [-0.4, -0.2) is 46.8 Å². The fourth-order valence-corrected chi connectivity index (χ4v) is 5.15. The van der Waals surface area contributed by atoms with Crippen molar-refractivity contribution in [3.63, 3.8) is 0 Å². The molecule has 1 amide bonds. The topological polar surface area (TPSA) is 58.6 Å². The summed E-state index contributed by atoms with van der Waals surface area (Å²) in [7, 11) is 5.95. The van der Waals surface area contributed by atoms with Crippen LogP contribution in [-0.2, 0) is 24.4 Å². The number of aromatic nitrogens is 2. The number of benzene rings is 1. The van der Waals surface area contributed by atoms with E-state index < -0.39 is 0 Å². The highest BCUT2D eigenvalue weighted by atomic mass is 16.5. The van der Waals surface area contributed by atoms with Crippen LogP contribution >= 0.6 is 0 Å². The molecule has 0 fully saturated rings. The average molecular weight is 543 g/mol. The van der Waals surface area contributed by atoms with Gasteiger partial charge in [0.15, 0.2) is 0 Å². The van der Waals surface area contributed by atoms with Gasteiger partial charge in [0, 0.05) is 73.4 Å². The Kier molecular flexibility index (Phi) is 10.5. The molecule has 0 saturated carbocycles. The van der Waals surface area contributed by atoms with Crippen LogP contribution in [0.3, 0.4) is 0 Å². The summed E-state index contributed by atoms with van der Waals surface area (Å²) in [5.41, 5.74) is 6.80. The molecule has 0 N–H and O–H groups in total. The molecule has 0 radical (unpaired) electrons. The Morgan fingerprint density at radius 1 is 1.10 bits per heavy atom. The maximum atomic E-state index is 13.3. The standard InChI is InChI=1S/C34H46N4O2/c1-10-15-25-20-35-21-26(22-38(9)33(39)34(6,12-3)13-4)29(25)23-40-31-18-14-17-27-28(19-24(5)36-32(27)31)30(16-11-2)37(7)8/h11,14,16-21H,2,10,12-13,15,22-23H2,1,3-9H3/b30-16-. The molecule has 6 nitrogen and oxygen atoms in total. The van der Waals surface area contributed by atoms with Gasteiger partial charge >= 0.3 is 0 Å². The minimum Gasteiger partial charge on any atom is -0.487 e. The monoisotopic (exact) mass is 542 g/mol. The molecular formula is C34H46N4O2. The number of carbonyl (C=O) groups is 1. The first-order valence-corrected chi connectivity index (χ1v) is 14.3. The van der Waals surface area contributed by atoms with E-state index >= 15 is 0 Å². The highest BCUT2D eigenvalue weighted by Crippen LogP contribution is 2.33. The number of nitrogens with zero attached hydrogens (tertiary/aromatic N) is 4. The summed E-state index contributed by atoms with van der Waals surface area (Å²) in [5.74, 6) is 0.897. The molecule has 3 rings (SSSR count). The SMILES string of the molecule is C=C/C=C(/c1cc(C)nc2c(OCc3c(CCC)cncc3CN(C)C(=O)C(C)(CC)CC)cccc12)N(C)C. The summed E-state index contributed by atoms with van der Waals surface area (Å²) >= 11 is 0. The summed E-state index contributed by atoms with van der Waals surface area (Å²) in [6.07, 6.45) is 11.2. The van der Waals surface area contributed by atoms with Gasteiger partial charge in [0.05, 0.1) is 0 Å². The van der Waals surface area contributed by atoms with E-state index in [0.29, 0.717) is 13.2 Å². The third-order valence-corrected chi connectivity index (χ3v) is 7.92. The van der Waals surface area contributed by atoms with Crippen LogP contribution in [0.5, 0.6) is 5.75 Å². The lowest BCUT2D eigenvalue weighted by molar-refractivity contribution is -0.140. The second-order valence-electron chi connectivity index (χ2n) is 11.0. The van der Waals surface area contributed by atoms with Crippen LogP contribution in [0.4, 0.5) is 0 Å². The predicted molar refractivity (Wildman–Crippen MR) is 166 cm³/mol. The van der Waals surface area contributed by atoms with Gasteiger partial charge in [0.2, 0.25) is 5.91 Å². The lowest BCUT2D eigenvalue weighted by Gasteiger charge is -2.31. The highest BCUT2D eigenvalue weighted by Gasteiger charge is 2.32. The van der Waals surface area contributed by atoms with Gasteiger partial charge in [-0.1, -0.05) is 58.9 Å². The van der Waals surface area contributed by atoms with Crippen LogP contribution in [0.25, 0.3) is 16.6 Å². The van der Waals surface area contributed by atoms with Crippen molar-refractivity contribution in [1.29, 1.82) is 0 Å². The predicted octanol–water partition coefficient (Wildman–Crippen LogP) is 7.34. The molecule has 0 aliphatic carbocycles. The molecule has 0 spiro atoms. The quantitative estimate of drug-likeness (QED) is 0.212. The Labute approximate surface area is 240 Å². The minimum atomic E-state index is -0.366. The molecule has 0 aliphatic rings. The normalized spacial score (nSPS) is 11.9. The number of aryl methyl sites for hydroxylation is 2. The Morgan fingerprint density at radius 2 is 1.80 bits per heavy atom. The van der Waals surface area contributed by atoms with Crippen LogP contribution in [0, 0.1) is 12.3 Å². The maximum Gasteiger partial charge on any atom is 0.228 e. The number of allylic oxidation sites excluding steroid dienone is 2. The largest absolute Gasteiger partial charge is 0.487 e. The molecule has 0 saturated heterocycles. The van der Waals surface area contributed by atoms with E-state index in [-0.39, 0.29) is 11.3 Å². The summed E-state index contributed by atoms with van der Waals surface area (Å²) < 4.78 is 6.55. The molecular weight excluding hydrogens is 496 g/mol. The van der Waals surface area contributed by atoms with E-state index in [1.165, 1.54) is 0 Å². The third kappa shape index (κ3) is 6.72. The summed E-state index contributed by atoms with van der Waals surface area (Å²) in [6.45, 7) is 15.2. The van der Waals surface area contributed by atoms with Gasteiger partial charge in [-0.15, -0.1) is 0 Å². The zero-order valence-corrected chi connectivity index (χ0v) is 25.7. The number of carbonyl (C=O) groups excluding carboxylic acids is 1. The second-order valence-corrected chi connectivity index (χ2v) is 11.0. The van der Waals surface area contributed by atoms with E-state index in [2.05, 4.69) is 56.3 Å². The minimum absolute atomic E-state index is 0.163. The zero-order chi connectivity index (χ0) is 29.4. The molecule has 0 unspecified atom stereocenters. The van der Waals surface area contributed by atoms with Gasteiger partial charge in [-0.2, -0.15) is 0 Å². The van der Waals surface area contributed by atoms with Crippen molar-refractivity contribution in [2.24, 2.45) is 5.41 Å². The fourth-order valence-electron chi connectivity index (χ4n) is 5.15. The lowest BCUT2D eigenvalue weighted by Crippen LogP contribution is -2.39. The zero-order valence-electron chi connectivity index (χ0n) is 25.7. The molecule has 2 heterocycles. The Morgan fingerprint density at radius 3 is 2.42 bits per heavy atom. The van der Waals surface area contributed by atoms with Crippen molar-refractivity contribution in [3.8, 4) is 5.75 Å². The smallest absolute Gasteiger partial charge is 0.228 e. The first-order chi connectivity index (χ1) is 19.1. The van der Waals surface area contributed by atoms with Gasteiger partial charge < -0.3 is 14.5 Å². The molecule has 0 aliphatic heterocycles. The number of fused-ring (bicyclic) bond motifs is 1. The van der Waals surface area contributed by atoms with Crippen LogP contribution in [0.2, 0.25) is 0 Å².